The minimum atomic E-state index is -4.92. The highest BCUT2D eigenvalue weighted by Crippen LogP contribution is 2.41. The maximum atomic E-state index is 13.0. The number of alkyl halides is 3. The molecule has 2 rings (SSSR count). The molecule has 2 aromatic rings. The Morgan fingerprint density at radius 1 is 1.07 bits per heavy atom. The van der Waals surface area contributed by atoms with Crippen LogP contribution in [0.2, 0.25) is 10.0 Å². The van der Waals surface area contributed by atoms with Crippen molar-refractivity contribution in [2.24, 2.45) is 0 Å². The van der Waals surface area contributed by atoms with Crippen LogP contribution in [-0.2, 0) is 15.6 Å². The van der Waals surface area contributed by atoms with Crippen LogP contribution in [0.15, 0.2) is 47.4 Å². The van der Waals surface area contributed by atoms with Gasteiger partial charge in [0, 0.05) is 6.54 Å². The highest BCUT2D eigenvalue weighted by atomic mass is 35.5. The van der Waals surface area contributed by atoms with E-state index < -0.39 is 27.4 Å². The molecular weight excluding hydrogens is 426 g/mol. The molecular formula is C17H16Cl2F3NO3S. The van der Waals surface area contributed by atoms with Crippen molar-refractivity contribution in [2.75, 3.05) is 10.8 Å². The number of halogens is 5. The highest BCUT2D eigenvalue weighted by Gasteiger charge is 2.51. The molecule has 27 heavy (non-hydrogen) atoms. The topological polar surface area (TPSA) is 57.6 Å². The van der Waals surface area contributed by atoms with Crippen LogP contribution in [0, 0.1) is 0 Å². The van der Waals surface area contributed by atoms with Crippen LogP contribution < -0.4 is 4.31 Å². The summed E-state index contributed by atoms with van der Waals surface area (Å²) in [7, 11) is -4.10. The van der Waals surface area contributed by atoms with Crippen molar-refractivity contribution in [2.45, 2.75) is 30.5 Å². The third-order valence-electron chi connectivity index (χ3n) is 4.02. The predicted octanol–water partition coefficient (Wildman–Crippen LogP) is 4.98. The van der Waals surface area contributed by atoms with Gasteiger partial charge < -0.3 is 5.11 Å². The number of hydrogen-bond acceptors (Lipinski definition) is 3. The molecule has 0 radical (unpaired) electrons. The Morgan fingerprint density at radius 2 is 1.67 bits per heavy atom. The second-order valence-corrected chi connectivity index (χ2v) is 8.48. The van der Waals surface area contributed by atoms with E-state index in [0.29, 0.717) is 6.92 Å². The van der Waals surface area contributed by atoms with E-state index in [1.807, 2.05) is 0 Å². The molecule has 10 heteroatoms. The van der Waals surface area contributed by atoms with E-state index in [1.165, 1.54) is 18.2 Å². The molecule has 1 N–H and O–H groups in total. The molecule has 4 nitrogen and oxygen atoms in total. The van der Waals surface area contributed by atoms with Crippen molar-refractivity contribution in [1.82, 2.24) is 0 Å². The van der Waals surface area contributed by atoms with Gasteiger partial charge >= 0.3 is 6.18 Å². The van der Waals surface area contributed by atoms with Crippen LogP contribution in [0.1, 0.15) is 19.4 Å². The Bertz CT molecular complexity index is 947. The summed E-state index contributed by atoms with van der Waals surface area (Å²) in [4.78, 5) is -0.157. The van der Waals surface area contributed by atoms with Crippen LogP contribution in [0.3, 0.4) is 0 Å². The van der Waals surface area contributed by atoms with Crippen LogP contribution >= 0.6 is 23.2 Å². The van der Waals surface area contributed by atoms with E-state index in [-0.39, 0.29) is 27.2 Å². The van der Waals surface area contributed by atoms with Crippen molar-refractivity contribution >= 4 is 38.9 Å². The molecule has 0 amide bonds. The molecule has 0 saturated heterocycles. The quantitative estimate of drug-likeness (QED) is 0.711. The lowest BCUT2D eigenvalue weighted by Gasteiger charge is -2.29. The van der Waals surface area contributed by atoms with E-state index in [2.05, 4.69) is 0 Å². The van der Waals surface area contributed by atoms with E-state index in [9.17, 15) is 26.7 Å². The first-order chi connectivity index (χ1) is 12.3. The van der Waals surface area contributed by atoms with E-state index in [0.717, 1.165) is 22.5 Å². The molecule has 148 valence electrons. The van der Waals surface area contributed by atoms with E-state index in [4.69, 9.17) is 23.2 Å². The fourth-order valence-electron chi connectivity index (χ4n) is 2.42. The summed E-state index contributed by atoms with van der Waals surface area (Å²) in [6.45, 7) is 2.10. The van der Waals surface area contributed by atoms with Gasteiger partial charge in [-0.1, -0.05) is 41.4 Å². The average molecular weight is 442 g/mol. The molecule has 1 atom stereocenters. The van der Waals surface area contributed by atoms with Gasteiger partial charge in [0.05, 0.1) is 15.7 Å². The van der Waals surface area contributed by atoms with Gasteiger partial charge in [0.1, 0.15) is 4.90 Å². The largest absolute Gasteiger partial charge is 0.421 e. The smallest absolute Gasteiger partial charge is 0.376 e. The zero-order chi connectivity index (χ0) is 20.6. The number of rotatable bonds is 5. The first-order valence-electron chi connectivity index (χ1n) is 7.70. The van der Waals surface area contributed by atoms with Crippen LogP contribution in [0.4, 0.5) is 18.9 Å². The number of nitrogens with zero attached hydrogens (tertiary/aromatic N) is 1. The zero-order valence-corrected chi connectivity index (χ0v) is 16.6. The summed E-state index contributed by atoms with van der Waals surface area (Å²) in [6, 6.07) is 8.80. The van der Waals surface area contributed by atoms with Gasteiger partial charge in [-0.15, -0.1) is 0 Å². The minimum absolute atomic E-state index is 0.00342. The predicted molar refractivity (Wildman–Crippen MR) is 98.7 cm³/mol. The third-order valence-corrected chi connectivity index (χ3v) is 6.71. The van der Waals surface area contributed by atoms with Gasteiger partial charge in [-0.05, 0) is 43.7 Å². The average Bonchev–Trinajstić information content (AvgIpc) is 2.55. The molecule has 0 aliphatic carbocycles. The molecule has 1 unspecified atom stereocenters. The monoisotopic (exact) mass is 441 g/mol. The summed E-state index contributed by atoms with van der Waals surface area (Å²) in [5, 5.41) is 9.52. The lowest BCUT2D eigenvalue weighted by Crippen LogP contribution is -2.39. The van der Waals surface area contributed by atoms with Crippen molar-refractivity contribution in [1.29, 1.82) is 0 Å². The Morgan fingerprint density at radius 3 is 2.15 bits per heavy atom. The van der Waals surface area contributed by atoms with Crippen LogP contribution in [0.25, 0.3) is 0 Å². The second kappa shape index (κ2) is 7.50. The number of benzene rings is 2. The van der Waals surface area contributed by atoms with Gasteiger partial charge in [-0.2, -0.15) is 13.2 Å². The molecule has 0 aromatic heterocycles. The SMILES string of the molecule is CCN(c1ccc(C(C)(O)C(F)(F)F)cc1Cl)S(=O)(=O)c1ccccc1Cl. The van der Waals surface area contributed by atoms with Gasteiger partial charge in [0.25, 0.3) is 10.0 Å². The molecule has 0 bridgehead atoms. The van der Waals surface area contributed by atoms with Crippen molar-refractivity contribution in [3.63, 3.8) is 0 Å². The fourth-order valence-corrected chi connectivity index (χ4v) is 4.74. The zero-order valence-electron chi connectivity index (χ0n) is 14.3. The maximum absolute atomic E-state index is 13.0. The minimum Gasteiger partial charge on any atom is -0.376 e. The number of anilines is 1. The maximum Gasteiger partial charge on any atom is 0.421 e. The summed E-state index contributed by atoms with van der Waals surface area (Å²) >= 11 is 12.1. The molecule has 2 aromatic carbocycles. The number of sulfonamides is 1. The summed E-state index contributed by atoms with van der Waals surface area (Å²) in [5.41, 5.74) is -3.66. The normalized spacial score (nSPS) is 14.7. The second-order valence-electron chi connectivity index (χ2n) is 5.84. The summed E-state index contributed by atoms with van der Waals surface area (Å²) in [5.74, 6) is 0. The van der Waals surface area contributed by atoms with E-state index in [1.54, 1.807) is 13.0 Å². The van der Waals surface area contributed by atoms with Crippen molar-refractivity contribution in [3.8, 4) is 0 Å². The summed E-state index contributed by atoms with van der Waals surface area (Å²) in [6.07, 6.45) is -4.92. The molecule has 0 aliphatic rings. The Balaban J connectivity index is 2.55. The fraction of sp³-hybridized carbons (Fsp3) is 0.294. The lowest BCUT2D eigenvalue weighted by atomic mass is 9.95. The Hall–Kier alpha value is -1.48. The molecule has 0 fully saturated rings. The lowest BCUT2D eigenvalue weighted by molar-refractivity contribution is -0.258. The van der Waals surface area contributed by atoms with Gasteiger partial charge in [-0.25, -0.2) is 8.42 Å². The van der Waals surface area contributed by atoms with Gasteiger partial charge in [0.15, 0.2) is 5.60 Å². The van der Waals surface area contributed by atoms with E-state index >= 15 is 0 Å². The van der Waals surface area contributed by atoms with Crippen LogP contribution in [-0.4, -0.2) is 26.2 Å². The third kappa shape index (κ3) is 4.03. The van der Waals surface area contributed by atoms with Crippen molar-refractivity contribution < 1.29 is 26.7 Å². The van der Waals surface area contributed by atoms with Crippen molar-refractivity contribution in [3.05, 3.63) is 58.1 Å². The molecule has 0 saturated carbocycles. The molecule has 0 spiro atoms. The molecule has 0 heterocycles. The first kappa shape index (κ1) is 21.8. The van der Waals surface area contributed by atoms with Gasteiger partial charge in [0.2, 0.25) is 0 Å². The number of aliphatic hydroxyl groups is 1. The first-order valence-corrected chi connectivity index (χ1v) is 9.90. The van der Waals surface area contributed by atoms with Crippen LogP contribution in [0.5, 0.6) is 0 Å². The highest BCUT2D eigenvalue weighted by molar-refractivity contribution is 7.93. The summed E-state index contributed by atoms with van der Waals surface area (Å²) < 4.78 is 65.8. The molecule has 0 aliphatic heterocycles. The standard InChI is InChI=1S/C17H16Cl2F3NO3S/c1-3-23(27(25,26)15-7-5-4-6-12(15)18)14-9-8-11(10-13(14)19)16(2,24)17(20,21)22/h4-10,24H,3H2,1-2H3. The van der Waals surface area contributed by atoms with Gasteiger partial charge in [-0.3, -0.25) is 4.31 Å². The Labute approximate surface area is 165 Å². The Kier molecular flexibility index (Phi) is 6.06. The number of hydrogen-bond donors (Lipinski definition) is 1.